The average molecular weight is 256 g/mol. The highest BCUT2D eigenvalue weighted by atomic mass is 32.2. The van der Waals surface area contributed by atoms with Crippen LogP contribution in [0, 0.1) is 0 Å². The minimum absolute atomic E-state index is 0.427. The molecule has 1 aromatic rings. The summed E-state index contributed by atoms with van der Waals surface area (Å²) < 4.78 is 29.7. The Balaban J connectivity index is 2.13. The third-order valence-corrected chi connectivity index (χ3v) is 3.81. The van der Waals surface area contributed by atoms with Crippen LogP contribution in [-0.4, -0.2) is 25.5 Å². The van der Waals surface area contributed by atoms with E-state index in [1.54, 1.807) is 12.1 Å². The molecule has 0 bridgehead atoms. The Morgan fingerprint density at radius 2 is 1.94 bits per heavy atom. The number of benzene rings is 1. The van der Waals surface area contributed by atoms with Gasteiger partial charge in [-0.3, -0.25) is 0 Å². The van der Waals surface area contributed by atoms with Gasteiger partial charge in [0.1, 0.15) is 5.75 Å². The third kappa shape index (κ3) is 3.18. The molecule has 6 heteroatoms. The zero-order valence-electron chi connectivity index (χ0n) is 9.45. The van der Waals surface area contributed by atoms with E-state index < -0.39 is 16.4 Å². The van der Waals surface area contributed by atoms with Crippen LogP contribution in [0.15, 0.2) is 30.3 Å². The molecule has 1 unspecified atom stereocenters. The number of nitrogens with two attached hydrogens (primary N) is 1. The number of hydrogen-bond acceptors (Lipinski definition) is 3. The predicted molar refractivity (Wildman–Crippen MR) is 64.5 cm³/mol. The molecule has 1 aromatic carbocycles. The maximum absolute atomic E-state index is 11.4. The lowest BCUT2D eigenvalue weighted by atomic mass is 10.1. The van der Waals surface area contributed by atoms with Crippen molar-refractivity contribution in [2.45, 2.75) is 25.5 Å². The lowest BCUT2D eigenvalue weighted by Crippen LogP contribution is -2.49. The van der Waals surface area contributed by atoms with Crippen LogP contribution in [-0.2, 0) is 10.2 Å². The molecule has 5 nitrogen and oxygen atoms in total. The summed E-state index contributed by atoms with van der Waals surface area (Å²) in [6.07, 6.45) is 1.96. The smallest absolute Gasteiger partial charge is 0.279 e. The summed E-state index contributed by atoms with van der Waals surface area (Å²) in [6.45, 7) is 0.427. The van der Waals surface area contributed by atoms with Crippen molar-refractivity contribution in [3.8, 4) is 5.75 Å². The molecule has 94 valence electrons. The van der Waals surface area contributed by atoms with Crippen molar-refractivity contribution >= 4 is 10.2 Å². The van der Waals surface area contributed by atoms with Gasteiger partial charge in [-0.2, -0.15) is 12.7 Å². The molecule has 1 saturated heterocycles. The zero-order valence-corrected chi connectivity index (χ0v) is 10.3. The lowest BCUT2D eigenvalue weighted by molar-refractivity contribution is 0.0557. The second-order valence-corrected chi connectivity index (χ2v) is 5.54. The first-order chi connectivity index (χ1) is 8.07. The van der Waals surface area contributed by atoms with E-state index in [-0.39, 0.29) is 0 Å². The quantitative estimate of drug-likeness (QED) is 0.879. The molecule has 0 aromatic heterocycles. The van der Waals surface area contributed by atoms with Gasteiger partial charge in [0, 0.05) is 6.54 Å². The maximum Gasteiger partial charge on any atom is 0.279 e. The summed E-state index contributed by atoms with van der Waals surface area (Å²) in [4.78, 5) is 0. The van der Waals surface area contributed by atoms with Crippen molar-refractivity contribution in [1.29, 1.82) is 0 Å². The van der Waals surface area contributed by atoms with Crippen LogP contribution in [0.3, 0.4) is 0 Å². The Hall–Kier alpha value is -1.11. The molecule has 0 spiro atoms. The van der Waals surface area contributed by atoms with Crippen LogP contribution in [0.25, 0.3) is 0 Å². The topological polar surface area (TPSA) is 72.6 Å². The van der Waals surface area contributed by atoms with Crippen LogP contribution >= 0.6 is 0 Å². The molecule has 17 heavy (non-hydrogen) atoms. The second kappa shape index (κ2) is 5.03. The van der Waals surface area contributed by atoms with E-state index in [2.05, 4.69) is 0 Å². The Labute approximate surface area is 101 Å². The third-order valence-electron chi connectivity index (χ3n) is 2.74. The number of hydrogen-bond donors (Lipinski definition) is 1. The Kier molecular flexibility index (Phi) is 3.66. The summed E-state index contributed by atoms with van der Waals surface area (Å²) in [6, 6.07) is 9.18. The number of piperidine rings is 1. The van der Waals surface area contributed by atoms with E-state index in [1.807, 2.05) is 18.2 Å². The average Bonchev–Trinajstić information content (AvgIpc) is 2.30. The lowest BCUT2D eigenvalue weighted by Gasteiger charge is -2.33. The van der Waals surface area contributed by atoms with Gasteiger partial charge < -0.3 is 4.74 Å². The van der Waals surface area contributed by atoms with E-state index in [0.717, 1.165) is 12.8 Å². The molecule has 1 heterocycles. The van der Waals surface area contributed by atoms with Gasteiger partial charge >= 0.3 is 0 Å². The standard InChI is InChI=1S/C11H16N2O3S/c12-17(14,15)13-9-5-4-8-11(13)16-10-6-2-1-3-7-10/h1-3,6-7,11H,4-5,8-9H2,(H2,12,14,15). The van der Waals surface area contributed by atoms with Crippen LogP contribution < -0.4 is 9.88 Å². The van der Waals surface area contributed by atoms with E-state index in [1.165, 1.54) is 4.31 Å². The number of nitrogens with zero attached hydrogens (tertiary/aromatic N) is 1. The number of rotatable bonds is 3. The minimum Gasteiger partial charge on any atom is -0.474 e. The monoisotopic (exact) mass is 256 g/mol. The molecule has 0 amide bonds. The minimum atomic E-state index is -3.69. The van der Waals surface area contributed by atoms with Gasteiger partial charge in [-0.25, -0.2) is 5.14 Å². The number of ether oxygens (including phenoxy) is 1. The van der Waals surface area contributed by atoms with E-state index in [0.29, 0.717) is 18.7 Å². The van der Waals surface area contributed by atoms with Crippen LogP contribution in [0.4, 0.5) is 0 Å². The summed E-state index contributed by atoms with van der Waals surface area (Å²) in [5.41, 5.74) is 0. The highest BCUT2D eigenvalue weighted by Gasteiger charge is 2.31. The van der Waals surface area contributed by atoms with Crippen molar-refractivity contribution in [2.24, 2.45) is 5.14 Å². The Morgan fingerprint density at radius 3 is 2.59 bits per heavy atom. The highest BCUT2D eigenvalue weighted by molar-refractivity contribution is 7.86. The van der Waals surface area contributed by atoms with E-state index >= 15 is 0 Å². The van der Waals surface area contributed by atoms with E-state index in [9.17, 15) is 8.42 Å². The molecule has 1 atom stereocenters. The molecule has 0 radical (unpaired) electrons. The SMILES string of the molecule is NS(=O)(=O)N1CCCCC1Oc1ccccc1. The first-order valence-corrected chi connectivity index (χ1v) is 7.09. The first kappa shape index (κ1) is 12.3. The van der Waals surface area contributed by atoms with Gasteiger partial charge in [-0.15, -0.1) is 0 Å². The maximum atomic E-state index is 11.4. The van der Waals surface area contributed by atoms with Crippen LogP contribution in [0.2, 0.25) is 0 Å². The van der Waals surface area contributed by atoms with Crippen molar-refractivity contribution in [1.82, 2.24) is 4.31 Å². The Morgan fingerprint density at radius 1 is 1.24 bits per heavy atom. The fourth-order valence-corrected chi connectivity index (χ4v) is 2.80. The van der Waals surface area contributed by atoms with Gasteiger partial charge in [0.2, 0.25) is 0 Å². The van der Waals surface area contributed by atoms with Gasteiger partial charge in [-0.1, -0.05) is 18.2 Å². The largest absolute Gasteiger partial charge is 0.474 e. The molecule has 2 rings (SSSR count). The number of para-hydroxylation sites is 1. The fraction of sp³-hybridized carbons (Fsp3) is 0.455. The molecule has 0 saturated carbocycles. The predicted octanol–water partition coefficient (Wildman–Crippen LogP) is 1.08. The van der Waals surface area contributed by atoms with Crippen LogP contribution in [0.5, 0.6) is 5.75 Å². The normalized spacial score (nSPS) is 22.3. The molecule has 1 aliphatic heterocycles. The molecule has 0 aliphatic carbocycles. The Bertz CT molecular complexity index is 461. The van der Waals surface area contributed by atoms with Crippen LogP contribution in [0.1, 0.15) is 19.3 Å². The molecule has 1 aliphatic rings. The van der Waals surface area contributed by atoms with Gasteiger partial charge in [0.25, 0.3) is 10.2 Å². The summed E-state index contributed by atoms with van der Waals surface area (Å²) in [7, 11) is -3.69. The molecular formula is C11H16N2O3S. The highest BCUT2D eigenvalue weighted by Crippen LogP contribution is 2.22. The van der Waals surface area contributed by atoms with Gasteiger partial charge in [-0.05, 0) is 31.4 Å². The first-order valence-electron chi connectivity index (χ1n) is 5.58. The molecular weight excluding hydrogens is 240 g/mol. The van der Waals surface area contributed by atoms with Gasteiger partial charge in [0.15, 0.2) is 6.23 Å². The van der Waals surface area contributed by atoms with Crippen molar-refractivity contribution in [3.05, 3.63) is 30.3 Å². The zero-order chi connectivity index (χ0) is 12.3. The summed E-state index contributed by atoms with van der Waals surface area (Å²) in [5.74, 6) is 0.660. The van der Waals surface area contributed by atoms with Crippen molar-refractivity contribution in [3.63, 3.8) is 0 Å². The van der Waals surface area contributed by atoms with Gasteiger partial charge in [0.05, 0.1) is 0 Å². The summed E-state index contributed by atoms with van der Waals surface area (Å²) in [5, 5.41) is 5.17. The van der Waals surface area contributed by atoms with E-state index in [4.69, 9.17) is 9.88 Å². The second-order valence-electron chi connectivity index (χ2n) is 4.04. The molecule has 2 N–H and O–H groups in total. The van der Waals surface area contributed by atoms with Crippen molar-refractivity contribution in [2.75, 3.05) is 6.54 Å². The summed E-state index contributed by atoms with van der Waals surface area (Å²) >= 11 is 0. The molecule has 1 fully saturated rings. The van der Waals surface area contributed by atoms with Crippen molar-refractivity contribution < 1.29 is 13.2 Å². The fourth-order valence-electron chi connectivity index (χ4n) is 1.94.